The molecule has 1 rings (SSSR count). The van der Waals surface area contributed by atoms with Crippen LogP contribution in [-0.2, 0) is 5.41 Å². The molecular formula is C13H19NO. The fourth-order valence-electron chi connectivity index (χ4n) is 1.45. The van der Waals surface area contributed by atoms with E-state index in [0.29, 0.717) is 17.7 Å². The molecule has 0 saturated carbocycles. The Balaban J connectivity index is 3.23. The summed E-state index contributed by atoms with van der Waals surface area (Å²) in [4.78, 5) is 11.6. The number of rotatable bonds is 2. The number of carbonyl (C=O) groups excluding carboxylic acids is 1. The minimum atomic E-state index is 0.0521. The predicted octanol–water partition coefficient (Wildman–Crippen LogP) is 3.16. The van der Waals surface area contributed by atoms with Crippen molar-refractivity contribution in [3.8, 4) is 0 Å². The van der Waals surface area contributed by atoms with Crippen molar-refractivity contribution in [2.45, 2.75) is 39.5 Å². The Morgan fingerprint density at radius 1 is 1.33 bits per heavy atom. The lowest BCUT2D eigenvalue weighted by Crippen LogP contribution is -2.13. The summed E-state index contributed by atoms with van der Waals surface area (Å²) in [6.45, 7) is 8.22. The van der Waals surface area contributed by atoms with Gasteiger partial charge in [-0.25, -0.2) is 0 Å². The highest BCUT2D eigenvalue weighted by Crippen LogP contribution is 2.26. The largest absolute Gasteiger partial charge is 0.398 e. The number of nitrogens with two attached hydrogens (primary N) is 1. The first-order chi connectivity index (χ1) is 6.86. The smallest absolute Gasteiger partial charge is 0.164 e. The molecule has 1 aromatic carbocycles. The molecule has 0 spiro atoms. The van der Waals surface area contributed by atoms with E-state index >= 15 is 0 Å². The molecule has 2 nitrogen and oxygen atoms in total. The van der Waals surface area contributed by atoms with E-state index in [9.17, 15) is 4.79 Å². The molecule has 0 saturated heterocycles. The number of Topliss-reactive ketones (excluding diaryl/α,β-unsaturated/α-hetero) is 1. The van der Waals surface area contributed by atoms with Crippen LogP contribution >= 0.6 is 0 Å². The van der Waals surface area contributed by atoms with Crippen LogP contribution in [0.25, 0.3) is 0 Å². The van der Waals surface area contributed by atoms with Gasteiger partial charge in [0.1, 0.15) is 0 Å². The summed E-state index contributed by atoms with van der Waals surface area (Å²) in [5.74, 6) is 0.110. The summed E-state index contributed by atoms with van der Waals surface area (Å²) in [6, 6.07) is 5.73. The summed E-state index contributed by atoms with van der Waals surface area (Å²) in [5.41, 5.74) is 8.22. The number of ketones is 1. The summed E-state index contributed by atoms with van der Waals surface area (Å²) in [7, 11) is 0. The second-order valence-corrected chi connectivity index (χ2v) is 4.83. The quantitative estimate of drug-likeness (QED) is 0.595. The fourth-order valence-corrected chi connectivity index (χ4v) is 1.45. The van der Waals surface area contributed by atoms with Gasteiger partial charge in [0, 0.05) is 17.7 Å². The average Bonchev–Trinajstić information content (AvgIpc) is 2.15. The number of carbonyl (C=O) groups is 1. The fraction of sp³-hybridized carbons (Fsp3) is 0.462. The minimum Gasteiger partial charge on any atom is -0.398 e. The molecular weight excluding hydrogens is 186 g/mol. The van der Waals surface area contributed by atoms with Crippen molar-refractivity contribution in [3.63, 3.8) is 0 Å². The standard InChI is InChI=1S/C13H19NO/c1-5-12(15)10-8-9(13(2,3)4)6-7-11(10)14/h6-8H,5,14H2,1-4H3. The normalized spacial score (nSPS) is 11.5. The van der Waals surface area contributed by atoms with Crippen LogP contribution in [-0.4, -0.2) is 5.78 Å². The maximum absolute atomic E-state index is 11.6. The Kier molecular flexibility index (Phi) is 3.18. The topological polar surface area (TPSA) is 43.1 Å². The Bertz CT molecular complexity index is 375. The molecule has 2 heteroatoms. The van der Waals surface area contributed by atoms with E-state index in [4.69, 9.17) is 5.73 Å². The van der Waals surface area contributed by atoms with Gasteiger partial charge in [0.2, 0.25) is 0 Å². The molecule has 2 N–H and O–H groups in total. The Morgan fingerprint density at radius 2 is 1.93 bits per heavy atom. The second kappa shape index (κ2) is 4.05. The monoisotopic (exact) mass is 205 g/mol. The van der Waals surface area contributed by atoms with Crippen LogP contribution < -0.4 is 5.73 Å². The van der Waals surface area contributed by atoms with Crippen LogP contribution in [0.1, 0.15) is 50.0 Å². The van der Waals surface area contributed by atoms with Gasteiger partial charge >= 0.3 is 0 Å². The number of hydrogen-bond acceptors (Lipinski definition) is 2. The zero-order valence-electron chi connectivity index (χ0n) is 9.92. The first kappa shape index (κ1) is 11.8. The van der Waals surface area contributed by atoms with Crippen LogP contribution in [0.3, 0.4) is 0 Å². The highest BCUT2D eigenvalue weighted by molar-refractivity contribution is 6.00. The number of hydrogen-bond donors (Lipinski definition) is 1. The van der Waals surface area contributed by atoms with Crippen molar-refractivity contribution in [3.05, 3.63) is 29.3 Å². The molecule has 0 radical (unpaired) electrons. The van der Waals surface area contributed by atoms with Crippen molar-refractivity contribution >= 4 is 11.5 Å². The minimum absolute atomic E-state index is 0.0521. The van der Waals surface area contributed by atoms with E-state index in [0.717, 1.165) is 5.56 Å². The van der Waals surface area contributed by atoms with Gasteiger partial charge in [-0.3, -0.25) is 4.79 Å². The van der Waals surface area contributed by atoms with Gasteiger partial charge in [0.05, 0.1) is 0 Å². The molecule has 0 amide bonds. The van der Waals surface area contributed by atoms with Crippen LogP contribution in [0.15, 0.2) is 18.2 Å². The maximum atomic E-state index is 11.6. The molecule has 0 aliphatic rings. The molecule has 0 aliphatic carbocycles. The van der Waals surface area contributed by atoms with Crippen LogP contribution in [0.5, 0.6) is 0 Å². The van der Waals surface area contributed by atoms with Crippen molar-refractivity contribution in [1.82, 2.24) is 0 Å². The average molecular weight is 205 g/mol. The van der Waals surface area contributed by atoms with Crippen molar-refractivity contribution in [2.24, 2.45) is 0 Å². The summed E-state index contributed by atoms with van der Waals surface area (Å²) in [6.07, 6.45) is 0.498. The lowest BCUT2D eigenvalue weighted by molar-refractivity contribution is 0.0989. The molecule has 0 aromatic heterocycles. The number of nitrogen functional groups attached to an aromatic ring is 1. The van der Waals surface area contributed by atoms with Gasteiger partial charge in [-0.1, -0.05) is 33.8 Å². The molecule has 0 aliphatic heterocycles. The predicted molar refractivity (Wildman–Crippen MR) is 64.2 cm³/mol. The van der Waals surface area contributed by atoms with Gasteiger partial charge < -0.3 is 5.73 Å². The van der Waals surface area contributed by atoms with Crippen LogP contribution in [0.4, 0.5) is 5.69 Å². The van der Waals surface area contributed by atoms with Crippen LogP contribution in [0, 0.1) is 0 Å². The van der Waals surface area contributed by atoms with E-state index in [1.54, 1.807) is 0 Å². The van der Waals surface area contributed by atoms with E-state index in [2.05, 4.69) is 20.8 Å². The van der Waals surface area contributed by atoms with E-state index < -0.39 is 0 Å². The molecule has 15 heavy (non-hydrogen) atoms. The molecule has 0 bridgehead atoms. The van der Waals surface area contributed by atoms with E-state index in [1.165, 1.54) is 0 Å². The number of benzene rings is 1. The van der Waals surface area contributed by atoms with Gasteiger partial charge in [0.15, 0.2) is 5.78 Å². The molecule has 0 atom stereocenters. The lowest BCUT2D eigenvalue weighted by atomic mass is 9.85. The Morgan fingerprint density at radius 3 is 2.40 bits per heavy atom. The maximum Gasteiger partial charge on any atom is 0.164 e. The van der Waals surface area contributed by atoms with Crippen molar-refractivity contribution < 1.29 is 4.79 Å². The zero-order chi connectivity index (χ0) is 11.6. The highest BCUT2D eigenvalue weighted by Gasteiger charge is 2.16. The zero-order valence-corrected chi connectivity index (χ0v) is 9.92. The van der Waals surface area contributed by atoms with Gasteiger partial charge in [-0.05, 0) is 23.1 Å². The highest BCUT2D eigenvalue weighted by atomic mass is 16.1. The number of anilines is 1. The Hall–Kier alpha value is -1.31. The summed E-state index contributed by atoms with van der Waals surface area (Å²) in [5, 5.41) is 0. The van der Waals surface area contributed by atoms with Gasteiger partial charge in [-0.2, -0.15) is 0 Å². The third-order valence-electron chi connectivity index (χ3n) is 2.54. The first-order valence-electron chi connectivity index (χ1n) is 5.29. The van der Waals surface area contributed by atoms with Crippen molar-refractivity contribution in [2.75, 3.05) is 5.73 Å². The molecule has 1 aromatic rings. The van der Waals surface area contributed by atoms with E-state index in [-0.39, 0.29) is 11.2 Å². The van der Waals surface area contributed by atoms with Gasteiger partial charge in [-0.15, -0.1) is 0 Å². The lowest BCUT2D eigenvalue weighted by Gasteiger charge is -2.20. The summed E-state index contributed by atoms with van der Waals surface area (Å²) < 4.78 is 0. The van der Waals surface area contributed by atoms with Crippen LogP contribution in [0.2, 0.25) is 0 Å². The van der Waals surface area contributed by atoms with E-state index in [1.807, 2.05) is 25.1 Å². The SMILES string of the molecule is CCC(=O)c1cc(C(C)(C)C)ccc1N. The third kappa shape index (κ3) is 2.58. The Labute approximate surface area is 91.5 Å². The molecule has 0 unspecified atom stereocenters. The molecule has 0 fully saturated rings. The first-order valence-corrected chi connectivity index (χ1v) is 5.29. The second-order valence-electron chi connectivity index (χ2n) is 4.83. The third-order valence-corrected chi connectivity index (χ3v) is 2.54. The molecule has 0 heterocycles. The van der Waals surface area contributed by atoms with Gasteiger partial charge in [0.25, 0.3) is 0 Å². The summed E-state index contributed by atoms with van der Waals surface area (Å²) >= 11 is 0. The molecule has 82 valence electrons. The van der Waals surface area contributed by atoms with Crippen molar-refractivity contribution in [1.29, 1.82) is 0 Å².